The van der Waals surface area contributed by atoms with Crippen molar-refractivity contribution in [2.45, 2.75) is 32.7 Å². The molecule has 0 aromatic carbocycles. The summed E-state index contributed by atoms with van der Waals surface area (Å²) in [5, 5.41) is 0. The van der Waals surface area contributed by atoms with Crippen molar-refractivity contribution in [2.24, 2.45) is 5.92 Å². The SMILES string of the molecule is CC(C)c1nccc(CN2CC[C@H](CNS(C)(=O)=O)C2)n1. The van der Waals surface area contributed by atoms with Gasteiger partial charge >= 0.3 is 0 Å². The predicted molar refractivity (Wildman–Crippen MR) is 82.4 cm³/mol. The molecule has 1 aromatic heterocycles. The molecule has 118 valence electrons. The van der Waals surface area contributed by atoms with Gasteiger partial charge in [-0.05, 0) is 24.9 Å². The smallest absolute Gasteiger partial charge is 0.208 e. The molecule has 21 heavy (non-hydrogen) atoms. The third kappa shape index (κ3) is 5.33. The van der Waals surface area contributed by atoms with Gasteiger partial charge in [-0.15, -0.1) is 0 Å². The number of nitrogens with zero attached hydrogens (tertiary/aromatic N) is 3. The second-order valence-corrected chi connectivity index (χ2v) is 7.90. The lowest BCUT2D eigenvalue weighted by Gasteiger charge is -2.16. The molecule has 0 bridgehead atoms. The molecule has 0 radical (unpaired) electrons. The summed E-state index contributed by atoms with van der Waals surface area (Å²) in [6.07, 6.45) is 4.04. The summed E-state index contributed by atoms with van der Waals surface area (Å²) in [7, 11) is -3.09. The molecule has 1 aromatic rings. The number of hydrogen-bond acceptors (Lipinski definition) is 5. The lowest BCUT2D eigenvalue weighted by Crippen LogP contribution is -2.30. The molecule has 1 aliphatic rings. The van der Waals surface area contributed by atoms with E-state index < -0.39 is 10.0 Å². The minimum absolute atomic E-state index is 0.329. The van der Waals surface area contributed by atoms with Gasteiger partial charge < -0.3 is 0 Å². The second kappa shape index (κ2) is 6.81. The van der Waals surface area contributed by atoms with Gasteiger partial charge in [0.25, 0.3) is 0 Å². The highest BCUT2D eigenvalue weighted by molar-refractivity contribution is 7.88. The summed E-state index contributed by atoms with van der Waals surface area (Å²) in [5.74, 6) is 1.59. The highest BCUT2D eigenvalue weighted by atomic mass is 32.2. The average Bonchev–Trinajstić information content (AvgIpc) is 2.83. The Hall–Kier alpha value is -1.05. The van der Waals surface area contributed by atoms with Crippen LogP contribution in [0, 0.1) is 5.92 Å². The maximum absolute atomic E-state index is 11.1. The Morgan fingerprint density at radius 1 is 1.48 bits per heavy atom. The first-order valence-electron chi connectivity index (χ1n) is 7.32. The van der Waals surface area contributed by atoms with Gasteiger partial charge in [-0.3, -0.25) is 4.90 Å². The molecule has 1 atom stereocenters. The van der Waals surface area contributed by atoms with E-state index >= 15 is 0 Å². The molecule has 2 rings (SSSR count). The Balaban J connectivity index is 1.86. The minimum Gasteiger partial charge on any atom is -0.297 e. The van der Waals surface area contributed by atoms with Gasteiger partial charge in [0.2, 0.25) is 10.0 Å². The van der Waals surface area contributed by atoms with Crippen molar-refractivity contribution >= 4 is 10.0 Å². The maximum Gasteiger partial charge on any atom is 0.208 e. The standard InChI is InChI=1S/C14H24N4O2S/c1-11(2)14-15-6-4-13(17-14)10-18-7-5-12(9-18)8-16-21(3,19)20/h4,6,11-12,16H,5,7-10H2,1-3H3/t12-/m1/s1. The maximum atomic E-state index is 11.1. The van der Waals surface area contributed by atoms with E-state index in [0.717, 1.165) is 37.6 Å². The Bertz CT molecular complexity index is 574. The Morgan fingerprint density at radius 2 is 2.24 bits per heavy atom. The van der Waals surface area contributed by atoms with Crippen LogP contribution in [-0.2, 0) is 16.6 Å². The molecule has 1 saturated heterocycles. The highest BCUT2D eigenvalue weighted by Gasteiger charge is 2.23. The molecule has 1 fully saturated rings. The van der Waals surface area contributed by atoms with Crippen molar-refractivity contribution in [2.75, 3.05) is 25.9 Å². The minimum atomic E-state index is -3.09. The number of likely N-dealkylation sites (tertiary alicyclic amines) is 1. The molecule has 0 amide bonds. The van der Waals surface area contributed by atoms with Crippen molar-refractivity contribution in [3.63, 3.8) is 0 Å². The largest absolute Gasteiger partial charge is 0.297 e. The monoisotopic (exact) mass is 312 g/mol. The summed E-state index contributed by atoms with van der Waals surface area (Å²) in [6.45, 7) is 7.39. The van der Waals surface area contributed by atoms with Crippen LogP contribution in [0.5, 0.6) is 0 Å². The topological polar surface area (TPSA) is 75.2 Å². The quantitative estimate of drug-likeness (QED) is 0.847. The Morgan fingerprint density at radius 3 is 2.90 bits per heavy atom. The molecule has 1 N–H and O–H groups in total. The zero-order valence-corrected chi connectivity index (χ0v) is 13.7. The normalized spacial score (nSPS) is 20.3. The van der Waals surface area contributed by atoms with Crippen molar-refractivity contribution in [3.8, 4) is 0 Å². The van der Waals surface area contributed by atoms with Crippen molar-refractivity contribution < 1.29 is 8.42 Å². The molecule has 0 aliphatic carbocycles. The zero-order valence-electron chi connectivity index (χ0n) is 12.9. The fraction of sp³-hybridized carbons (Fsp3) is 0.714. The van der Waals surface area contributed by atoms with Crippen LogP contribution in [0.25, 0.3) is 0 Å². The van der Waals surface area contributed by atoms with Crippen LogP contribution in [0.1, 0.15) is 37.7 Å². The molecule has 6 nitrogen and oxygen atoms in total. The predicted octanol–water partition coefficient (Wildman–Crippen LogP) is 0.971. The third-order valence-corrected chi connectivity index (χ3v) is 4.33. The summed E-state index contributed by atoms with van der Waals surface area (Å²) >= 11 is 0. The number of sulfonamides is 1. The molecule has 0 spiro atoms. The van der Waals surface area contributed by atoms with E-state index in [1.165, 1.54) is 6.26 Å². The van der Waals surface area contributed by atoms with Crippen molar-refractivity contribution in [1.29, 1.82) is 0 Å². The number of aromatic nitrogens is 2. The lowest BCUT2D eigenvalue weighted by molar-refractivity contribution is 0.312. The second-order valence-electron chi connectivity index (χ2n) is 6.07. The van der Waals surface area contributed by atoms with Crippen molar-refractivity contribution in [1.82, 2.24) is 19.6 Å². The zero-order chi connectivity index (χ0) is 15.5. The van der Waals surface area contributed by atoms with Crippen LogP contribution < -0.4 is 4.72 Å². The van der Waals surface area contributed by atoms with E-state index in [0.29, 0.717) is 18.4 Å². The van der Waals surface area contributed by atoms with Crippen molar-refractivity contribution in [3.05, 3.63) is 23.8 Å². The highest BCUT2D eigenvalue weighted by Crippen LogP contribution is 2.18. The molecular formula is C14H24N4O2S. The van der Waals surface area contributed by atoms with Crippen LogP contribution in [0.3, 0.4) is 0 Å². The van der Waals surface area contributed by atoms with Crippen LogP contribution in [0.4, 0.5) is 0 Å². The fourth-order valence-corrected chi connectivity index (χ4v) is 3.04. The fourth-order valence-electron chi connectivity index (χ4n) is 2.50. The number of rotatable bonds is 6. The van der Waals surface area contributed by atoms with E-state index in [4.69, 9.17) is 0 Å². The Kier molecular flexibility index (Phi) is 5.29. The van der Waals surface area contributed by atoms with Crippen LogP contribution in [0.15, 0.2) is 12.3 Å². The van der Waals surface area contributed by atoms with Gasteiger partial charge in [0.1, 0.15) is 5.82 Å². The molecule has 0 unspecified atom stereocenters. The third-order valence-electron chi connectivity index (χ3n) is 3.64. The van der Waals surface area contributed by atoms with Crippen LogP contribution >= 0.6 is 0 Å². The molecule has 1 aliphatic heterocycles. The molecule has 2 heterocycles. The lowest BCUT2D eigenvalue weighted by atomic mass is 10.1. The summed E-state index contributed by atoms with van der Waals surface area (Å²) in [5.41, 5.74) is 1.03. The summed E-state index contributed by atoms with van der Waals surface area (Å²) in [6, 6.07) is 1.95. The average molecular weight is 312 g/mol. The van der Waals surface area contributed by atoms with E-state index in [9.17, 15) is 8.42 Å². The van der Waals surface area contributed by atoms with E-state index in [2.05, 4.69) is 33.4 Å². The summed E-state index contributed by atoms with van der Waals surface area (Å²) in [4.78, 5) is 11.2. The first-order valence-corrected chi connectivity index (χ1v) is 9.21. The number of nitrogens with one attached hydrogen (secondary N) is 1. The Labute approximate surface area is 127 Å². The number of hydrogen-bond donors (Lipinski definition) is 1. The van der Waals surface area contributed by atoms with Gasteiger partial charge in [0.05, 0.1) is 11.9 Å². The molecule has 7 heteroatoms. The van der Waals surface area contributed by atoms with Gasteiger partial charge in [0, 0.05) is 31.7 Å². The summed E-state index contributed by atoms with van der Waals surface area (Å²) < 4.78 is 24.8. The van der Waals surface area contributed by atoms with E-state index in [-0.39, 0.29) is 0 Å². The van der Waals surface area contributed by atoms with Gasteiger partial charge in [-0.1, -0.05) is 13.8 Å². The van der Waals surface area contributed by atoms with Gasteiger partial charge in [0.15, 0.2) is 0 Å². The molecular weight excluding hydrogens is 288 g/mol. The van der Waals surface area contributed by atoms with E-state index in [1.54, 1.807) is 0 Å². The first kappa shape index (κ1) is 16.3. The van der Waals surface area contributed by atoms with Crippen LogP contribution in [-0.4, -0.2) is 49.2 Å². The van der Waals surface area contributed by atoms with Gasteiger partial charge in [-0.2, -0.15) is 0 Å². The van der Waals surface area contributed by atoms with Crippen LogP contribution in [0.2, 0.25) is 0 Å². The van der Waals surface area contributed by atoms with Gasteiger partial charge in [-0.25, -0.2) is 23.1 Å². The van der Waals surface area contributed by atoms with E-state index in [1.807, 2.05) is 12.3 Å². The molecule has 0 saturated carbocycles. The first-order chi connectivity index (χ1) is 9.83.